The number of hydrogen-bond donors (Lipinski definition) is 1. The number of carbonyl (C=O) groups excluding carboxylic acids is 2. The third-order valence-electron chi connectivity index (χ3n) is 2.51. The van der Waals surface area contributed by atoms with Gasteiger partial charge in [-0.25, -0.2) is 15.0 Å². The number of nitrogens with one attached hydrogen (secondary N) is 1. The fourth-order valence-electron chi connectivity index (χ4n) is 1.65. The molecule has 7 nitrogen and oxygen atoms in total. The first-order valence-electron chi connectivity index (χ1n) is 7.58. The molecule has 0 unspecified atom stereocenters. The van der Waals surface area contributed by atoms with Crippen molar-refractivity contribution in [3.63, 3.8) is 0 Å². The lowest BCUT2D eigenvalue weighted by molar-refractivity contribution is 0.0425. The highest BCUT2D eigenvalue weighted by Crippen LogP contribution is 2.20. The second-order valence-corrected chi connectivity index (χ2v) is 7.13. The first-order valence-corrected chi connectivity index (χ1v) is 7.58. The lowest BCUT2D eigenvalue weighted by atomic mass is 10.2. The molecule has 1 aromatic carbocycles. The third kappa shape index (κ3) is 6.76. The largest absolute Gasteiger partial charge is 0.497 e. The predicted molar refractivity (Wildman–Crippen MR) is 91.1 cm³/mol. The first kappa shape index (κ1) is 19.6. The van der Waals surface area contributed by atoms with E-state index in [0.29, 0.717) is 11.4 Å². The Balaban J connectivity index is 3.02. The molecule has 0 aliphatic heterocycles. The van der Waals surface area contributed by atoms with Crippen LogP contribution in [0.3, 0.4) is 0 Å². The van der Waals surface area contributed by atoms with Crippen molar-refractivity contribution >= 4 is 17.9 Å². The van der Waals surface area contributed by atoms with Crippen LogP contribution in [-0.2, 0) is 9.47 Å². The zero-order valence-corrected chi connectivity index (χ0v) is 15.3. The molecule has 0 saturated heterocycles. The molecule has 1 rings (SSSR count). The number of amides is 2. The third-order valence-corrected chi connectivity index (χ3v) is 2.51. The van der Waals surface area contributed by atoms with E-state index in [-0.39, 0.29) is 0 Å². The molecule has 0 aromatic heterocycles. The maximum absolute atomic E-state index is 12.4. The highest BCUT2D eigenvalue weighted by Gasteiger charge is 2.27. The number of ether oxygens (including phenoxy) is 3. The summed E-state index contributed by atoms with van der Waals surface area (Å²) in [4.78, 5) is 24.4. The summed E-state index contributed by atoms with van der Waals surface area (Å²) in [5, 5.41) is 0.999. The van der Waals surface area contributed by atoms with Crippen LogP contribution in [0.4, 0.5) is 15.3 Å². The highest BCUT2D eigenvalue weighted by atomic mass is 16.6. The summed E-state index contributed by atoms with van der Waals surface area (Å²) in [6, 6.07) is 6.59. The van der Waals surface area contributed by atoms with Gasteiger partial charge in [-0.05, 0) is 65.8 Å². The average Bonchev–Trinajstić information content (AvgIpc) is 2.41. The number of hydrogen-bond acceptors (Lipinski definition) is 5. The Bertz CT molecular complexity index is 570. The van der Waals surface area contributed by atoms with Crippen molar-refractivity contribution in [3.05, 3.63) is 24.3 Å². The van der Waals surface area contributed by atoms with Gasteiger partial charge in [-0.3, -0.25) is 0 Å². The van der Waals surface area contributed by atoms with Crippen LogP contribution < -0.4 is 15.2 Å². The number of hydrazine groups is 1. The molecule has 0 aliphatic carbocycles. The summed E-state index contributed by atoms with van der Waals surface area (Å²) in [5.41, 5.74) is 1.42. The Morgan fingerprint density at radius 3 is 1.83 bits per heavy atom. The fraction of sp³-hybridized carbons (Fsp3) is 0.529. The van der Waals surface area contributed by atoms with Gasteiger partial charge in [0.25, 0.3) is 0 Å². The molecule has 0 atom stereocenters. The Kier molecular flexibility index (Phi) is 6.06. The number of carbonyl (C=O) groups is 2. The zero-order valence-electron chi connectivity index (χ0n) is 15.3. The number of rotatable bonds is 2. The van der Waals surface area contributed by atoms with Gasteiger partial charge in [0, 0.05) is 0 Å². The Labute approximate surface area is 142 Å². The van der Waals surface area contributed by atoms with Gasteiger partial charge >= 0.3 is 12.2 Å². The molecule has 0 fully saturated rings. The second kappa shape index (κ2) is 7.42. The number of nitrogens with zero attached hydrogens (tertiary/aromatic N) is 1. The van der Waals surface area contributed by atoms with Gasteiger partial charge in [0.1, 0.15) is 17.0 Å². The molecule has 0 heterocycles. The lowest BCUT2D eigenvalue weighted by Gasteiger charge is -2.28. The molecule has 1 N–H and O–H groups in total. The Morgan fingerprint density at radius 2 is 1.42 bits per heavy atom. The van der Waals surface area contributed by atoms with Crippen LogP contribution >= 0.6 is 0 Å². The van der Waals surface area contributed by atoms with Crippen LogP contribution in [0.5, 0.6) is 5.75 Å². The molecule has 1 aromatic rings. The van der Waals surface area contributed by atoms with Gasteiger partial charge in [-0.2, -0.15) is 5.01 Å². The van der Waals surface area contributed by atoms with E-state index in [1.807, 2.05) is 0 Å². The van der Waals surface area contributed by atoms with Gasteiger partial charge < -0.3 is 14.2 Å². The van der Waals surface area contributed by atoms with E-state index in [4.69, 9.17) is 14.2 Å². The maximum atomic E-state index is 12.4. The SMILES string of the molecule is COc1ccc(N(NC(=O)OC(C)(C)C)C(=O)OC(C)(C)C)cc1. The minimum Gasteiger partial charge on any atom is -0.497 e. The van der Waals surface area contributed by atoms with Crippen molar-refractivity contribution in [1.29, 1.82) is 0 Å². The summed E-state index contributed by atoms with van der Waals surface area (Å²) < 4.78 is 15.6. The quantitative estimate of drug-likeness (QED) is 0.828. The van der Waals surface area contributed by atoms with E-state index in [1.54, 1.807) is 72.9 Å². The Hall–Kier alpha value is -2.44. The number of methoxy groups -OCH3 is 1. The molecule has 2 amide bonds. The predicted octanol–water partition coefficient (Wildman–Crippen LogP) is 3.88. The van der Waals surface area contributed by atoms with Gasteiger partial charge in [0.15, 0.2) is 0 Å². The van der Waals surface area contributed by atoms with Crippen molar-refractivity contribution in [1.82, 2.24) is 5.43 Å². The zero-order chi connectivity index (χ0) is 18.5. The van der Waals surface area contributed by atoms with E-state index in [9.17, 15) is 9.59 Å². The van der Waals surface area contributed by atoms with E-state index < -0.39 is 23.4 Å². The molecule has 0 saturated carbocycles. The monoisotopic (exact) mass is 338 g/mol. The van der Waals surface area contributed by atoms with Crippen LogP contribution in [0.25, 0.3) is 0 Å². The standard InChI is InChI=1S/C17H26N2O5/c1-16(2,3)23-14(20)18-19(15(21)24-17(4,5)6)12-8-10-13(22-7)11-9-12/h8-11H,1-7H3,(H,18,20). The van der Waals surface area contributed by atoms with Gasteiger partial charge in [-0.15, -0.1) is 0 Å². The van der Waals surface area contributed by atoms with Crippen molar-refractivity contribution in [2.24, 2.45) is 0 Å². The topological polar surface area (TPSA) is 77.1 Å². The van der Waals surface area contributed by atoms with Crippen LogP contribution in [-0.4, -0.2) is 30.5 Å². The van der Waals surface area contributed by atoms with E-state index in [0.717, 1.165) is 5.01 Å². The maximum Gasteiger partial charge on any atom is 0.434 e. The van der Waals surface area contributed by atoms with E-state index >= 15 is 0 Å². The molecule has 7 heteroatoms. The second-order valence-electron chi connectivity index (χ2n) is 7.13. The smallest absolute Gasteiger partial charge is 0.434 e. The lowest BCUT2D eigenvalue weighted by Crippen LogP contribution is -2.50. The molecular weight excluding hydrogens is 312 g/mol. The number of anilines is 1. The minimum absolute atomic E-state index is 0.413. The summed E-state index contributed by atoms with van der Waals surface area (Å²) in [7, 11) is 1.54. The minimum atomic E-state index is -0.760. The normalized spacial score (nSPS) is 11.5. The fourth-order valence-corrected chi connectivity index (χ4v) is 1.65. The average molecular weight is 338 g/mol. The summed E-state index contributed by atoms with van der Waals surface area (Å²) in [6.07, 6.45) is -1.48. The van der Waals surface area contributed by atoms with E-state index in [2.05, 4.69) is 5.43 Å². The van der Waals surface area contributed by atoms with Crippen molar-refractivity contribution < 1.29 is 23.8 Å². The van der Waals surface area contributed by atoms with Crippen LogP contribution in [0.1, 0.15) is 41.5 Å². The van der Waals surface area contributed by atoms with Crippen molar-refractivity contribution in [2.75, 3.05) is 12.1 Å². The summed E-state index contributed by atoms with van der Waals surface area (Å²) >= 11 is 0. The van der Waals surface area contributed by atoms with Gasteiger partial charge in [0.2, 0.25) is 0 Å². The van der Waals surface area contributed by atoms with Gasteiger partial charge in [-0.1, -0.05) is 0 Å². The highest BCUT2D eigenvalue weighted by molar-refractivity contribution is 5.90. The van der Waals surface area contributed by atoms with Crippen LogP contribution in [0.15, 0.2) is 24.3 Å². The van der Waals surface area contributed by atoms with Crippen molar-refractivity contribution in [2.45, 2.75) is 52.7 Å². The molecule has 24 heavy (non-hydrogen) atoms. The Morgan fingerprint density at radius 1 is 0.917 bits per heavy atom. The molecule has 0 aliphatic rings. The molecule has 0 radical (unpaired) electrons. The van der Waals surface area contributed by atoms with Crippen LogP contribution in [0.2, 0.25) is 0 Å². The molecule has 0 bridgehead atoms. The number of benzene rings is 1. The molecular formula is C17H26N2O5. The molecule has 0 spiro atoms. The van der Waals surface area contributed by atoms with Crippen LogP contribution in [0, 0.1) is 0 Å². The van der Waals surface area contributed by atoms with E-state index in [1.165, 1.54) is 0 Å². The summed E-state index contributed by atoms with van der Waals surface area (Å²) in [6.45, 7) is 10.4. The van der Waals surface area contributed by atoms with Gasteiger partial charge in [0.05, 0.1) is 12.8 Å². The first-order chi connectivity index (χ1) is 10.9. The van der Waals surface area contributed by atoms with Crippen molar-refractivity contribution in [3.8, 4) is 5.75 Å². The molecule has 134 valence electrons. The summed E-state index contributed by atoms with van der Waals surface area (Å²) in [5.74, 6) is 0.625.